The fraction of sp³-hybridized carbons (Fsp3) is 0.483. The molecule has 2 atom stereocenters. The van der Waals surface area contributed by atoms with Gasteiger partial charge in [0.25, 0.3) is 0 Å². The Morgan fingerprint density at radius 2 is 1.72 bits per heavy atom. The van der Waals surface area contributed by atoms with Gasteiger partial charge in [-0.05, 0) is 68.1 Å². The number of hydrogen-bond donors (Lipinski definition) is 2. The number of anilines is 1. The Kier molecular flexibility index (Phi) is 8.66. The highest BCUT2D eigenvalue weighted by molar-refractivity contribution is 7.89. The van der Waals surface area contributed by atoms with Gasteiger partial charge in [0.1, 0.15) is 23.3 Å². The Labute approximate surface area is 237 Å². The average molecular weight is 575 g/mol. The highest BCUT2D eigenvalue weighted by Gasteiger charge is 2.46. The van der Waals surface area contributed by atoms with Crippen LogP contribution in [0.5, 0.6) is 5.75 Å². The number of aliphatic hydroxyl groups is 1. The van der Waals surface area contributed by atoms with Crippen LogP contribution in [0.3, 0.4) is 0 Å². The van der Waals surface area contributed by atoms with Gasteiger partial charge in [-0.2, -0.15) is 4.31 Å². The second-order valence-corrected chi connectivity index (χ2v) is 13.9. The summed E-state index contributed by atoms with van der Waals surface area (Å²) in [5.74, 6) is 1.57. The van der Waals surface area contributed by atoms with Crippen LogP contribution in [-0.4, -0.2) is 52.6 Å². The Hall–Kier alpha value is -2.59. The molecular weight excluding hydrogens is 536 g/mol. The molecule has 1 aliphatic rings. The van der Waals surface area contributed by atoms with E-state index in [0.29, 0.717) is 41.8 Å². The number of aromatic amines is 1. The van der Waals surface area contributed by atoms with Crippen LogP contribution in [0.1, 0.15) is 59.0 Å². The number of nitrogens with one attached hydrogen (secondary N) is 1. The van der Waals surface area contributed by atoms with E-state index in [1.807, 2.05) is 58.6 Å². The molecule has 39 heavy (non-hydrogen) atoms. The number of H-pyrrole nitrogens is 1. The molecule has 1 aromatic heterocycles. The molecule has 2 aromatic carbocycles. The van der Waals surface area contributed by atoms with Crippen LogP contribution >= 0.6 is 11.6 Å². The molecule has 212 valence electrons. The summed E-state index contributed by atoms with van der Waals surface area (Å²) < 4.78 is 35.6. The first kappa shape index (κ1) is 29.4. The smallest absolute Gasteiger partial charge is 0.243 e. The molecule has 0 amide bonds. The maximum atomic E-state index is 13.9. The number of aliphatic hydroxyl groups excluding tert-OH is 1. The molecule has 0 radical (unpaired) electrons. The van der Waals surface area contributed by atoms with Gasteiger partial charge in [0.2, 0.25) is 10.0 Å². The van der Waals surface area contributed by atoms with Crippen molar-refractivity contribution < 1.29 is 18.3 Å². The molecule has 0 spiro atoms. The van der Waals surface area contributed by atoms with Crippen LogP contribution in [0.15, 0.2) is 59.8 Å². The van der Waals surface area contributed by atoms with Crippen molar-refractivity contribution in [2.75, 3.05) is 18.0 Å². The number of hydrogen-bond acceptors (Lipinski definition) is 6. The van der Waals surface area contributed by atoms with Crippen LogP contribution in [0.4, 0.5) is 5.69 Å². The maximum Gasteiger partial charge on any atom is 0.243 e. The number of fused-ring (bicyclic) bond motifs is 1. The summed E-state index contributed by atoms with van der Waals surface area (Å²) >= 11 is 6.19. The molecule has 0 bridgehead atoms. The number of benzene rings is 2. The number of rotatable bonds is 10. The van der Waals surface area contributed by atoms with Crippen LogP contribution in [-0.2, 0) is 16.6 Å². The van der Waals surface area contributed by atoms with Crippen LogP contribution in [0.2, 0.25) is 5.02 Å². The van der Waals surface area contributed by atoms with Gasteiger partial charge >= 0.3 is 0 Å². The summed E-state index contributed by atoms with van der Waals surface area (Å²) in [6.07, 6.45) is 2.43. The fourth-order valence-electron chi connectivity index (χ4n) is 5.01. The molecule has 10 heteroatoms. The van der Waals surface area contributed by atoms with Crippen LogP contribution < -0.4 is 9.64 Å². The number of halogens is 1. The van der Waals surface area contributed by atoms with Crippen molar-refractivity contribution >= 4 is 27.3 Å². The van der Waals surface area contributed by atoms with Crippen LogP contribution in [0.25, 0.3) is 0 Å². The van der Waals surface area contributed by atoms with Gasteiger partial charge < -0.3 is 19.7 Å². The molecule has 1 aliphatic heterocycles. The highest BCUT2D eigenvalue weighted by atomic mass is 35.5. The third kappa shape index (κ3) is 6.43. The zero-order chi connectivity index (χ0) is 28.5. The fourth-order valence-corrected chi connectivity index (χ4v) is 6.94. The summed E-state index contributed by atoms with van der Waals surface area (Å²) in [6.45, 7) is 12.9. The van der Waals surface area contributed by atoms with E-state index in [9.17, 15) is 13.5 Å². The standard InChI is InChI=1S/C29H39ClN4O4S/c1-19(2)16-33(17-20(3)4)39(36,37)23-11-12-25-24(15-23)27(28(35)29(5,6)38-25)34(18-26-31-13-14-32-26)22-9-7-21(30)8-10-22/h7-15,19-20,27-28,35H,16-18H2,1-6H3,(H,31,32)/t27?,28-/m0/s1. The van der Waals surface area contributed by atoms with E-state index in [-0.39, 0.29) is 16.7 Å². The predicted octanol–water partition coefficient (Wildman–Crippen LogP) is 5.65. The third-order valence-corrected chi connectivity index (χ3v) is 8.91. The first-order valence-corrected chi connectivity index (χ1v) is 15.1. The lowest BCUT2D eigenvalue weighted by Gasteiger charge is -2.47. The second-order valence-electron chi connectivity index (χ2n) is 11.5. The number of nitrogens with zero attached hydrogens (tertiary/aromatic N) is 3. The lowest BCUT2D eigenvalue weighted by atomic mass is 9.85. The van der Waals surface area contributed by atoms with Gasteiger partial charge in [-0.1, -0.05) is 39.3 Å². The van der Waals surface area contributed by atoms with Crippen molar-refractivity contribution in [3.05, 3.63) is 71.3 Å². The molecule has 1 unspecified atom stereocenters. The lowest BCUT2D eigenvalue weighted by molar-refractivity contribution is -0.0591. The van der Waals surface area contributed by atoms with Crippen LogP contribution in [0, 0.1) is 11.8 Å². The molecular formula is C29H39ClN4O4S. The van der Waals surface area contributed by atoms with Crippen molar-refractivity contribution in [1.82, 2.24) is 14.3 Å². The SMILES string of the molecule is CC(C)CN(CC(C)C)S(=O)(=O)c1ccc2c(c1)C(N(Cc1ncc[nH]1)c1ccc(Cl)cc1)[C@H](O)C(C)(C)O2. The zero-order valence-electron chi connectivity index (χ0n) is 23.4. The van der Waals surface area contributed by atoms with E-state index in [1.54, 1.807) is 47.0 Å². The second kappa shape index (κ2) is 11.5. The zero-order valence-corrected chi connectivity index (χ0v) is 25.0. The van der Waals surface area contributed by atoms with Gasteiger partial charge in [0.05, 0.1) is 17.5 Å². The first-order valence-electron chi connectivity index (χ1n) is 13.3. The molecule has 0 aliphatic carbocycles. The van der Waals surface area contributed by atoms with Gasteiger partial charge in [-0.3, -0.25) is 0 Å². The van der Waals surface area contributed by atoms with Crippen molar-refractivity contribution in [3.63, 3.8) is 0 Å². The Balaban J connectivity index is 1.86. The Bertz CT molecular complexity index is 1350. The van der Waals surface area contributed by atoms with E-state index in [2.05, 4.69) is 9.97 Å². The van der Waals surface area contributed by atoms with Gasteiger partial charge in [-0.25, -0.2) is 13.4 Å². The largest absolute Gasteiger partial charge is 0.485 e. The number of imidazole rings is 1. The summed E-state index contributed by atoms with van der Waals surface area (Å²) in [7, 11) is -3.80. The molecule has 2 heterocycles. The predicted molar refractivity (Wildman–Crippen MR) is 155 cm³/mol. The van der Waals surface area contributed by atoms with Gasteiger partial charge in [0.15, 0.2) is 0 Å². The van der Waals surface area contributed by atoms with Crippen molar-refractivity contribution in [2.45, 2.75) is 70.7 Å². The number of ether oxygens (including phenoxy) is 1. The quantitative estimate of drug-likeness (QED) is 0.325. The van der Waals surface area contributed by atoms with E-state index in [4.69, 9.17) is 16.3 Å². The van der Waals surface area contributed by atoms with E-state index < -0.39 is 27.8 Å². The van der Waals surface area contributed by atoms with E-state index >= 15 is 0 Å². The molecule has 0 saturated heterocycles. The van der Waals surface area contributed by atoms with E-state index in [0.717, 1.165) is 5.69 Å². The lowest BCUT2D eigenvalue weighted by Crippen LogP contribution is -2.53. The summed E-state index contributed by atoms with van der Waals surface area (Å²) in [5.41, 5.74) is 0.462. The molecule has 2 N–H and O–H groups in total. The van der Waals surface area contributed by atoms with Crippen molar-refractivity contribution in [3.8, 4) is 5.75 Å². The minimum atomic E-state index is -3.80. The first-order chi connectivity index (χ1) is 18.3. The topological polar surface area (TPSA) is 98.8 Å². The number of aromatic nitrogens is 2. The normalized spacial score (nSPS) is 18.8. The minimum absolute atomic E-state index is 0.170. The average Bonchev–Trinajstić information content (AvgIpc) is 3.36. The molecule has 0 fully saturated rings. The molecule has 4 rings (SSSR count). The van der Waals surface area contributed by atoms with Gasteiger partial charge in [-0.15, -0.1) is 0 Å². The minimum Gasteiger partial charge on any atom is -0.485 e. The van der Waals surface area contributed by atoms with Gasteiger partial charge in [0, 0.05) is 41.8 Å². The van der Waals surface area contributed by atoms with Crippen molar-refractivity contribution in [1.29, 1.82) is 0 Å². The maximum absolute atomic E-state index is 13.9. The van der Waals surface area contributed by atoms with E-state index in [1.165, 1.54) is 0 Å². The monoisotopic (exact) mass is 574 g/mol. The molecule has 0 saturated carbocycles. The summed E-state index contributed by atoms with van der Waals surface area (Å²) in [6, 6.07) is 11.7. The summed E-state index contributed by atoms with van der Waals surface area (Å²) in [4.78, 5) is 9.74. The molecule has 8 nitrogen and oxygen atoms in total. The molecule has 3 aromatic rings. The number of sulfonamides is 1. The Morgan fingerprint density at radius 1 is 1.08 bits per heavy atom. The summed E-state index contributed by atoms with van der Waals surface area (Å²) in [5, 5.41) is 12.3. The third-order valence-electron chi connectivity index (χ3n) is 6.83. The highest BCUT2D eigenvalue weighted by Crippen LogP contribution is 2.46. The Morgan fingerprint density at radius 3 is 2.28 bits per heavy atom. The van der Waals surface area contributed by atoms with Crippen molar-refractivity contribution in [2.24, 2.45) is 11.8 Å².